The Hall–Kier alpha value is -1.32. The van der Waals surface area contributed by atoms with Crippen molar-refractivity contribution in [3.8, 4) is 5.88 Å². The van der Waals surface area contributed by atoms with Crippen LogP contribution in [0, 0.1) is 25.7 Å². The van der Waals surface area contributed by atoms with Crippen molar-refractivity contribution < 1.29 is 4.74 Å². The highest BCUT2D eigenvalue weighted by molar-refractivity contribution is 5.48. The third kappa shape index (κ3) is 4.08. The van der Waals surface area contributed by atoms with E-state index >= 15 is 0 Å². The van der Waals surface area contributed by atoms with Gasteiger partial charge in [0.05, 0.1) is 5.56 Å². The molecule has 0 radical (unpaired) electrons. The summed E-state index contributed by atoms with van der Waals surface area (Å²) in [5.74, 6) is 3.97. The molecule has 0 saturated heterocycles. The Kier molecular flexibility index (Phi) is 5.43. The highest BCUT2D eigenvalue weighted by Gasteiger charge is 2.26. The number of hydrogen-bond acceptors (Lipinski definition) is 4. The maximum atomic E-state index is 6.22. The van der Waals surface area contributed by atoms with Gasteiger partial charge < -0.3 is 10.1 Å². The lowest BCUT2D eigenvalue weighted by molar-refractivity contribution is 0.0955. The predicted octanol–water partition coefficient (Wildman–Crippen LogP) is 4.12. The number of hydrogen-bond donors (Lipinski definition) is 1. The number of nitrogens with zero attached hydrogens (tertiary/aromatic N) is 2. The zero-order valence-electron chi connectivity index (χ0n) is 14.1. The summed E-state index contributed by atoms with van der Waals surface area (Å²) in [5.41, 5.74) is 1.03. The molecule has 0 bridgehead atoms. The SMILES string of the molecule is CCCNc1nc(C)nc(OC2CCC(C)C(C)C2)c1C. The Morgan fingerprint density at radius 2 is 1.90 bits per heavy atom. The van der Waals surface area contributed by atoms with Crippen LogP contribution in [0.3, 0.4) is 0 Å². The quantitative estimate of drug-likeness (QED) is 0.886. The van der Waals surface area contributed by atoms with Gasteiger partial charge >= 0.3 is 0 Å². The standard InChI is InChI=1S/C17H29N3O/c1-6-9-18-16-13(4)17(20-14(5)19-16)21-15-8-7-11(2)12(3)10-15/h11-12,15H,6-10H2,1-5H3,(H,18,19,20). The number of ether oxygens (including phenoxy) is 1. The normalized spacial score (nSPS) is 25.7. The van der Waals surface area contributed by atoms with E-state index in [0.29, 0.717) is 6.10 Å². The number of nitrogens with one attached hydrogen (secondary N) is 1. The van der Waals surface area contributed by atoms with E-state index in [0.717, 1.165) is 60.7 Å². The van der Waals surface area contributed by atoms with Crippen molar-refractivity contribution in [2.75, 3.05) is 11.9 Å². The summed E-state index contributed by atoms with van der Waals surface area (Å²) in [5, 5.41) is 3.37. The van der Waals surface area contributed by atoms with E-state index < -0.39 is 0 Å². The van der Waals surface area contributed by atoms with Gasteiger partial charge in [-0.25, -0.2) is 4.98 Å². The summed E-state index contributed by atoms with van der Waals surface area (Å²) in [6.07, 6.45) is 4.88. The molecular weight excluding hydrogens is 262 g/mol. The predicted molar refractivity (Wildman–Crippen MR) is 86.9 cm³/mol. The van der Waals surface area contributed by atoms with E-state index in [9.17, 15) is 0 Å². The van der Waals surface area contributed by atoms with Crippen LogP contribution in [0.25, 0.3) is 0 Å². The number of rotatable bonds is 5. The third-order valence-corrected chi connectivity index (χ3v) is 4.58. The van der Waals surface area contributed by atoms with Gasteiger partial charge in [0.15, 0.2) is 0 Å². The molecule has 0 aliphatic heterocycles. The minimum Gasteiger partial charge on any atom is -0.474 e. The number of aryl methyl sites for hydroxylation is 1. The van der Waals surface area contributed by atoms with Crippen molar-refractivity contribution >= 4 is 5.82 Å². The maximum absolute atomic E-state index is 6.22. The molecule has 1 fully saturated rings. The molecule has 1 aliphatic rings. The van der Waals surface area contributed by atoms with Crippen molar-refractivity contribution in [1.29, 1.82) is 0 Å². The molecule has 1 heterocycles. The molecule has 0 amide bonds. The van der Waals surface area contributed by atoms with E-state index in [4.69, 9.17) is 4.74 Å². The largest absolute Gasteiger partial charge is 0.474 e. The molecule has 1 aromatic rings. The summed E-state index contributed by atoms with van der Waals surface area (Å²) in [6.45, 7) is 11.7. The lowest BCUT2D eigenvalue weighted by Crippen LogP contribution is -2.29. The Morgan fingerprint density at radius 1 is 1.14 bits per heavy atom. The molecule has 0 aromatic carbocycles. The van der Waals surface area contributed by atoms with Crippen LogP contribution in [0.1, 0.15) is 57.8 Å². The lowest BCUT2D eigenvalue weighted by atomic mass is 9.80. The molecule has 1 saturated carbocycles. The van der Waals surface area contributed by atoms with Gasteiger partial charge in [-0.05, 0) is 51.4 Å². The summed E-state index contributed by atoms with van der Waals surface area (Å²) < 4.78 is 6.22. The lowest BCUT2D eigenvalue weighted by Gasteiger charge is -2.32. The van der Waals surface area contributed by atoms with E-state index in [1.165, 1.54) is 6.42 Å². The fraction of sp³-hybridized carbons (Fsp3) is 0.765. The third-order valence-electron chi connectivity index (χ3n) is 4.58. The molecule has 0 spiro atoms. The Morgan fingerprint density at radius 3 is 2.57 bits per heavy atom. The van der Waals surface area contributed by atoms with Crippen LogP contribution in [0.2, 0.25) is 0 Å². The van der Waals surface area contributed by atoms with Crippen LogP contribution in [0.15, 0.2) is 0 Å². The number of aromatic nitrogens is 2. The average molecular weight is 291 g/mol. The van der Waals surface area contributed by atoms with Gasteiger partial charge in [0.25, 0.3) is 0 Å². The fourth-order valence-electron chi connectivity index (χ4n) is 2.90. The smallest absolute Gasteiger partial charge is 0.222 e. The van der Waals surface area contributed by atoms with E-state index in [1.807, 2.05) is 13.8 Å². The minimum atomic E-state index is 0.295. The van der Waals surface area contributed by atoms with Gasteiger partial charge in [-0.2, -0.15) is 4.98 Å². The Balaban J connectivity index is 2.10. The first kappa shape index (κ1) is 16.1. The van der Waals surface area contributed by atoms with E-state index in [2.05, 4.69) is 36.1 Å². The zero-order valence-corrected chi connectivity index (χ0v) is 14.1. The molecule has 1 N–H and O–H groups in total. The topological polar surface area (TPSA) is 47.0 Å². The maximum Gasteiger partial charge on any atom is 0.222 e. The van der Waals surface area contributed by atoms with Gasteiger partial charge in [0.2, 0.25) is 5.88 Å². The fourth-order valence-corrected chi connectivity index (χ4v) is 2.90. The summed E-state index contributed by atoms with van der Waals surface area (Å²) >= 11 is 0. The first-order valence-electron chi connectivity index (χ1n) is 8.27. The molecule has 3 unspecified atom stereocenters. The molecule has 3 atom stereocenters. The monoisotopic (exact) mass is 291 g/mol. The second-order valence-corrected chi connectivity index (χ2v) is 6.48. The highest BCUT2D eigenvalue weighted by Crippen LogP contribution is 2.33. The molecule has 21 heavy (non-hydrogen) atoms. The molecule has 4 nitrogen and oxygen atoms in total. The molecule has 1 aromatic heterocycles. The molecule has 1 aliphatic carbocycles. The van der Waals surface area contributed by atoms with Crippen molar-refractivity contribution in [2.45, 2.75) is 66.4 Å². The van der Waals surface area contributed by atoms with Gasteiger partial charge in [0.1, 0.15) is 17.7 Å². The van der Waals surface area contributed by atoms with Crippen molar-refractivity contribution in [1.82, 2.24) is 9.97 Å². The van der Waals surface area contributed by atoms with E-state index in [-0.39, 0.29) is 0 Å². The van der Waals surface area contributed by atoms with Crippen molar-refractivity contribution in [2.24, 2.45) is 11.8 Å². The van der Waals surface area contributed by atoms with Gasteiger partial charge in [-0.1, -0.05) is 20.8 Å². The summed E-state index contributed by atoms with van der Waals surface area (Å²) in [6, 6.07) is 0. The summed E-state index contributed by atoms with van der Waals surface area (Å²) in [4.78, 5) is 9.00. The minimum absolute atomic E-state index is 0.295. The van der Waals surface area contributed by atoms with Gasteiger partial charge in [-0.3, -0.25) is 0 Å². The second-order valence-electron chi connectivity index (χ2n) is 6.48. The van der Waals surface area contributed by atoms with E-state index in [1.54, 1.807) is 0 Å². The molecular formula is C17H29N3O. The van der Waals surface area contributed by atoms with Gasteiger partial charge in [-0.15, -0.1) is 0 Å². The first-order chi connectivity index (χ1) is 10.0. The molecule has 2 rings (SSSR count). The summed E-state index contributed by atoms with van der Waals surface area (Å²) in [7, 11) is 0. The van der Waals surface area contributed by atoms with Crippen LogP contribution < -0.4 is 10.1 Å². The Bertz CT molecular complexity index is 475. The van der Waals surface area contributed by atoms with Crippen molar-refractivity contribution in [3.63, 3.8) is 0 Å². The molecule has 118 valence electrons. The van der Waals surface area contributed by atoms with Crippen molar-refractivity contribution in [3.05, 3.63) is 11.4 Å². The van der Waals surface area contributed by atoms with Crippen LogP contribution in [0.5, 0.6) is 5.88 Å². The number of anilines is 1. The van der Waals surface area contributed by atoms with Crippen LogP contribution in [-0.2, 0) is 0 Å². The average Bonchev–Trinajstić information content (AvgIpc) is 2.45. The second kappa shape index (κ2) is 7.10. The zero-order chi connectivity index (χ0) is 15.4. The van der Waals surface area contributed by atoms with Crippen LogP contribution in [0.4, 0.5) is 5.82 Å². The van der Waals surface area contributed by atoms with Crippen LogP contribution >= 0.6 is 0 Å². The van der Waals surface area contributed by atoms with Gasteiger partial charge in [0, 0.05) is 6.54 Å². The Labute approximate surface area is 128 Å². The molecule has 4 heteroatoms. The highest BCUT2D eigenvalue weighted by atomic mass is 16.5. The first-order valence-corrected chi connectivity index (χ1v) is 8.27. The van der Waals surface area contributed by atoms with Crippen LogP contribution in [-0.4, -0.2) is 22.6 Å².